The first-order valence-corrected chi connectivity index (χ1v) is 9.77. The van der Waals surface area contributed by atoms with Gasteiger partial charge in [-0.15, -0.1) is 0 Å². The largest absolute Gasteiger partial charge is 0.493 e. The fraction of sp³-hybridized carbons (Fsp3) is 0.667. The van der Waals surface area contributed by atoms with Gasteiger partial charge in [-0.05, 0) is 44.0 Å². The van der Waals surface area contributed by atoms with Gasteiger partial charge >= 0.3 is 0 Å². The molecule has 0 heterocycles. The molecular weight excluding hydrogens is 328 g/mol. The first-order valence-electron chi connectivity index (χ1n) is 9.77. The summed E-state index contributed by atoms with van der Waals surface area (Å²) in [5.41, 5.74) is 0.995. The van der Waals surface area contributed by atoms with Crippen molar-refractivity contribution in [3.8, 4) is 11.5 Å². The van der Waals surface area contributed by atoms with E-state index in [0.29, 0.717) is 30.6 Å². The number of benzene rings is 1. The Bertz CT molecular complexity index is 534. The second-order valence-corrected chi connectivity index (χ2v) is 6.78. The molecule has 0 radical (unpaired) electrons. The van der Waals surface area contributed by atoms with Crippen LogP contribution in [0.15, 0.2) is 18.2 Å². The van der Waals surface area contributed by atoms with Gasteiger partial charge in [0.1, 0.15) is 0 Å². The zero-order valence-electron chi connectivity index (χ0n) is 17.1. The Kier molecular flexibility index (Phi) is 10.8. The quantitative estimate of drug-likeness (QED) is 0.538. The molecule has 0 aromatic heterocycles. The highest BCUT2D eigenvalue weighted by molar-refractivity contribution is 5.78. The van der Waals surface area contributed by atoms with Crippen molar-refractivity contribution in [1.82, 2.24) is 10.2 Å². The van der Waals surface area contributed by atoms with Gasteiger partial charge in [0.15, 0.2) is 11.5 Å². The van der Waals surface area contributed by atoms with Crippen molar-refractivity contribution in [3.63, 3.8) is 0 Å². The van der Waals surface area contributed by atoms with Crippen molar-refractivity contribution >= 4 is 5.91 Å². The molecule has 0 saturated heterocycles. The molecule has 1 amide bonds. The van der Waals surface area contributed by atoms with Crippen LogP contribution in [0.25, 0.3) is 0 Å². The molecule has 5 nitrogen and oxygen atoms in total. The highest BCUT2D eigenvalue weighted by Crippen LogP contribution is 2.27. The first-order chi connectivity index (χ1) is 12.5. The predicted molar refractivity (Wildman–Crippen MR) is 107 cm³/mol. The minimum Gasteiger partial charge on any atom is -0.493 e. The summed E-state index contributed by atoms with van der Waals surface area (Å²) in [6.07, 6.45) is 5.81. The smallest absolute Gasteiger partial charge is 0.234 e. The SMILES string of the molecule is CCCCCN(CC(=O)NCc1ccc(OC)c(OC)c1)C(C)CCC. The lowest BCUT2D eigenvalue weighted by molar-refractivity contribution is -0.123. The number of rotatable bonds is 13. The van der Waals surface area contributed by atoms with E-state index < -0.39 is 0 Å². The van der Waals surface area contributed by atoms with Crippen LogP contribution in [-0.2, 0) is 11.3 Å². The third-order valence-electron chi connectivity index (χ3n) is 4.66. The molecule has 1 rings (SSSR count). The van der Waals surface area contributed by atoms with E-state index in [1.54, 1.807) is 14.2 Å². The van der Waals surface area contributed by atoms with Gasteiger partial charge in [0.25, 0.3) is 0 Å². The second-order valence-electron chi connectivity index (χ2n) is 6.78. The average Bonchev–Trinajstić information content (AvgIpc) is 2.65. The van der Waals surface area contributed by atoms with Crippen molar-refractivity contribution in [2.75, 3.05) is 27.3 Å². The number of nitrogens with one attached hydrogen (secondary N) is 1. The number of hydrogen-bond donors (Lipinski definition) is 1. The summed E-state index contributed by atoms with van der Waals surface area (Å²) in [5.74, 6) is 1.44. The first kappa shape index (κ1) is 22.3. The molecule has 0 aliphatic rings. The lowest BCUT2D eigenvalue weighted by Gasteiger charge is -2.28. The maximum Gasteiger partial charge on any atom is 0.234 e. The fourth-order valence-electron chi connectivity index (χ4n) is 3.05. The Morgan fingerprint density at radius 3 is 2.46 bits per heavy atom. The van der Waals surface area contributed by atoms with Gasteiger partial charge in [0, 0.05) is 12.6 Å². The summed E-state index contributed by atoms with van der Waals surface area (Å²) in [6, 6.07) is 6.14. The predicted octanol–water partition coefficient (Wildman–Crippen LogP) is 4.00. The van der Waals surface area contributed by atoms with E-state index in [0.717, 1.165) is 31.4 Å². The van der Waals surface area contributed by atoms with E-state index in [1.165, 1.54) is 12.8 Å². The third-order valence-corrected chi connectivity index (χ3v) is 4.66. The summed E-state index contributed by atoms with van der Waals surface area (Å²) < 4.78 is 10.6. The van der Waals surface area contributed by atoms with Gasteiger partial charge in [0.05, 0.1) is 20.8 Å². The van der Waals surface area contributed by atoms with Crippen LogP contribution < -0.4 is 14.8 Å². The van der Waals surface area contributed by atoms with Gasteiger partial charge in [-0.2, -0.15) is 0 Å². The number of ether oxygens (including phenoxy) is 2. The van der Waals surface area contributed by atoms with Crippen LogP contribution in [0, 0.1) is 0 Å². The molecular formula is C21H36N2O3. The Labute approximate surface area is 159 Å². The normalized spacial score (nSPS) is 12.1. The van der Waals surface area contributed by atoms with E-state index in [9.17, 15) is 4.79 Å². The van der Waals surface area contributed by atoms with E-state index >= 15 is 0 Å². The van der Waals surface area contributed by atoms with E-state index in [4.69, 9.17) is 9.47 Å². The number of amides is 1. The third kappa shape index (κ3) is 7.65. The molecule has 0 saturated carbocycles. The molecule has 0 bridgehead atoms. The number of methoxy groups -OCH3 is 2. The number of unbranched alkanes of at least 4 members (excludes halogenated alkanes) is 2. The van der Waals surface area contributed by atoms with Crippen molar-refractivity contribution in [2.45, 2.75) is 65.5 Å². The number of hydrogen-bond acceptors (Lipinski definition) is 4. The van der Waals surface area contributed by atoms with Crippen LogP contribution in [-0.4, -0.2) is 44.2 Å². The van der Waals surface area contributed by atoms with Crippen LogP contribution in [0.4, 0.5) is 0 Å². The molecule has 0 fully saturated rings. The zero-order valence-corrected chi connectivity index (χ0v) is 17.1. The molecule has 1 aromatic rings. The highest BCUT2D eigenvalue weighted by atomic mass is 16.5. The van der Waals surface area contributed by atoms with Gasteiger partial charge in [-0.3, -0.25) is 9.69 Å². The standard InChI is InChI=1S/C21H36N2O3/c1-6-8-9-13-23(17(3)10-7-2)16-21(24)22-15-18-11-12-19(25-4)20(14-18)26-5/h11-12,14,17H,6-10,13,15-16H2,1-5H3,(H,22,24). The average molecular weight is 365 g/mol. The Morgan fingerprint density at radius 1 is 1.12 bits per heavy atom. The van der Waals surface area contributed by atoms with E-state index in [2.05, 4.69) is 31.0 Å². The minimum atomic E-state index is 0.0687. The van der Waals surface area contributed by atoms with Gasteiger partial charge in [-0.1, -0.05) is 39.2 Å². The Balaban J connectivity index is 2.58. The number of carbonyl (C=O) groups is 1. The summed E-state index contributed by atoms with van der Waals surface area (Å²) in [6.45, 7) is 8.55. The summed E-state index contributed by atoms with van der Waals surface area (Å²) >= 11 is 0. The van der Waals surface area contributed by atoms with E-state index in [1.807, 2.05) is 18.2 Å². The molecule has 0 spiro atoms. The lowest BCUT2D eigenvalue weighted by atomic mass is 10.1. The zero-order chi connectivity index (χ0) is 19.4. The van der Waals surface area contributed by atoms with Crippen LogP contribution in [0.2, 0.25) is 0 Å². The maximum atomic E-state index is 12.4. The molecule has 1 aromatic carbocycles. The van der Waals surface area contributed by atoms with E-state index in [-0.39, 0.29) is 5.91 Å². The Morgan fingerprint density at radius 2 is 1.85 bits per heavy atom. The van der Waals surface area contributed by atoms with Gasteiger partial charge < -0.3 is 14.8 Å². The fourth-order valence-corrected chi connectivity index (χ4v) is 3.05. The van der Waals surface area contributed by atoms with Crippen LogP contribution in [0.5, 0.6) is 11.5 Å². The number of carbonyl (C=O) groups excluding carboxylic acids is 1. The second kappa shape index (κ2) is 12.6. The molecule has 26 heavy (non-hydrogen) atoms. The summed E-state index contributed by atoms with van der Waals surface area (Å²) in [4.78, 5) is 14.7. The Hall–Kier alpha value is -1.75. The van der Waals surface area contributed by atoms with Crippen LogP contribution in [0.3, 0.4) is 0 Å². The van der Waals surface area contributed by atoms with Gasteiger partial charge in [-0.25, -0.2) is 0 Å². The summed E-state index contributed by atoms with van der Waals surface area (Å²) in [7, 11) is 3.23. The topological polar surface area (TPSA) is 50.8 Å². The van der Waals surface area contributed by atoms with Crippen molar-refractivity contribution in [1.29, 1.82) is 0 Å². The van der Waals surface area contributed by atoms with Crippen LogP contribution >= 0.6 is 0 Å². The van der Waals surface area contributed by atoms with Crippen molar-refractivity contribution in [3.05, 3.63) is 23.8 Å². The van der Waals surface area contributed by atoms with Crippen molar-refractivity contribution < 1.29 is 14.3 Å². The lowest BCUT2D eigenvalue weighted by Crippen LogP contribution is -2.42. The van der Waals surface area contributed by atoms with Gasteiger partial charge in [0.2, 0.25) is 5.91 Å². The molecule has 1 N–H and O–H groups in total. The van der Waals surface area contributed by atoms with Crippen molar-refractivity contribution in [2.24, 2.45) is 0 Å². The molecule has 1 unspecified atom stereocenters. The molecule has 0 aliphatic carbocycles. The molecule has 148 valence electrons. The summed E-state index contributed by atoms with van der Waals surface area (Å²) in [5, 5.41) is 3.03. The monoisotopic (exact) mass is 364 g/mol. The minimum absolute atomic E-state index is 0.0687. The van der Waals surface area contributed by atoms with Crippen LogP contribution in [0.1, 0.15) is 58.4 Å². The highest BCUT2D eigenvalue weighted by Gasteiger charge is 2.16. The molecule has 1 atom stereocenters. The maximum absolute atomic E-state index is 12.4. The number of nitrogens with zero attached hydrogens (tertiary/aromatic N) is 1. The molecule has 0 aliphatic heterocycles. The molecule has 5 heteroatoms.